The average molecular weight is 400 g/mol. The van der Waals surface area contributed by atoms with E-state index in [4.69, 9.17) is 10.5 Å². The maximum absolute atomic E-state index is 11.8. The first-order valence-corrected chi connectivity index (χ1v) is 10.5. The number of carbonyl (C=O) groups excluding carboxylic acids is 1. The number of carbonyl (C=O) groups is 1. The fourth-order valence-corrected chi connectivity index (χ4v) is 3.71. The molecular formula is C23H29NO3S. The Hall–Kier alpha value is -2.40. The average Bonchev–Trinajstić information content (AvgIpc) is 2.67. The number of rotatable bonds is 9. The van der Waals surface area contributed by atoms with Crippen LogP contribution in [0.15, 0.2) is 51.8 Å². The fraction of sp³-hybridized carbons (Fsp3) is 0.348. The third-order valence-corrected chi connectivity index (χ3v) is 5.32. The molecule has 150 valence electrons. The molecule has 28 heavy (non-hydrogen) atoms. The van der Waals surface area contributed by atoms with E-state index in [-0.39, 0.29) is 11.4 Å². The lowest BCUT2D eigenvalue weighted by molar-refractivity contribution is -0.138. The number of phenols is 1. The summed E-state index contributed by atoms with van der Waals surface area (Å²) in [5, 5.41) is 10.3. The van der Waals surface area contributed by atoms with E-state index in [1.54, 1.807) is 37.8 Å². The summed E-state index contributed by atoms with van der Waals surface area (Å²) in [5.74, 6) is -0.434. The van der Waals surface area contributed by atoms with Crippen LogP contribution in [0.2, 0.25) is 0 Å². The van der Waals surface area contributed by atoms with Crippen LogP contribution in [0.1, 0.15) is 51.2 Å². The van der Waals surface area contributed by atoms with E-state index in [1.165, 1.54) is 24.8 Å². The van der Waals surface area contributed by atoms with E-state index >= 15 is 0 Å². The number of benzene rings is 2. The fourth-order valence-electron chi connectivity index (χ4n) is 2.80. The van der Waals surface area contributed by atoms with Crippen molar-refractivity contribution in [2.24, 2.45) is 0 Å². The van der Waals surface area contributed by atoms with Crippen LogP contribution in [0.25, 0.3) is 6.08 Å². The first-order valence-electron chi connectivity index (χ1n) is 9.69. The lowest BCUT2D eigenvalue weighted by atomic mass is 10.1. The molecule has 0 aromatic heterocycles. The predicted octanol–water partition coefficient (Wildman–Crippen LogP) is 5.82. The quantitative estimate of drug-likeness (QED) is 0.183. The van der Waals surface area contributed by atoms with Gasteiger partial charge in [0.15, 0.2) is 0 Å². The van der Waals surface area contributed by atoms with Crippen molar-refractivity contribution in [3.63, 3.8) is 0 Å². The zero-order valence-electron chi connectivity index (χ0n) is 16.8. The largest absolute Gasteiger partial charge is 0.505 e. The number of ether oxygens (including phenoxy) is 1. The molecule has 0 heterocycles. The summed E-state index contributed by atoms with van der Waals surface area (Å²) >= 11 is 1.57. The Bertz CT molecular complexity index is 828. The van der Waals surface area contributed by atoms with E-state index in [1.807, 2.05) is 6.07 Å². The standard InChI is InChI=1S/C23H29NO3S/c1-4-6-7-8-17-9-11-19(12-10-17)28-20-14-18(22(25)21(24)15-20)13-16(3)23(26)27-5-2/h9-15,25H,4-8,24H2,1-3H3. The van der Waals surface area contributed by atoms with E-state index in [0.29, 0.717) is 17.7 Å². The van der Waals surface area contributed by atoms with E-state index in [2.05, 4.69) is 31.2 Å². The molecule has 0 radical (unpaired) electrons. The number of esters is 1. The van der Waals surface area contributed by atoms with Crippen LogP contribution in [0.4, 0.5) is 5.69 Å². The monoisotopic (exact) mass is 399 g/mol. The van der Waals surface area contributed by atoms with Crippen molar-refractivity contribution in [2.75, 3.05) is 12.3 Å². The van der Waals surface area contributed by atoms with Crippen molar-refractivity contribution < 1.29 is 14.6 Å². The summed E-state index contributed by atoms with van der Waals surface area (Å²) in [6, 6.07) is 12.1. The van der Waals surface area contributed by atoms with Crippen molar-refractivity contribution in [3.05, 3.63) is 53.1 Å². The SMILES string of the molecule is CCCCCc1ccc(Sc2cc(N)c(O)c(C=C(C)C(=O)OCC)c2)cc1. The molecule has 0 unspecified atom stereocenters. The Labute approximate surface area is 171 Å². The Morgan fingerprint density at radius 1 is 1.14 bits per heavy atom. The highest BCUT2D eigenvalue weighted by Gasteiger charge is 2.11. The molecule has 0 aliphatic rings. The van der Waals surface area contributed by atoms with Crippen molar-refractivity contribution in [2.45, 2.75) is 56.2 Å². The number of nitrogen functional groups attached to an aromatic ring is 1. The summed E-state index contributed by atoms with van der Waals surface area (Å²) < 4.78 is 4.99. The minimum atomic E-state index is -0.405. The van der Waals surface area contributed by atoms with E-state index in [0.717, 1.165) is 16.2 Å². The number of nitrogens with two attached hydrogens (primary N) is 1. The van der Waals surface area contributed by atoms with Crippen LogP contribution in [0.3, 0.4) is 0 Å². The molecule has 0 aliphatic carbocycles. The van der Waals surface area contributed by atoms with Gasteiger partial charge in [0.25, 0.3) is 0 Å². The molecule has 0 amide bonds. The highest BCUT2D eigenvalue weighted by atomic mass is 32.2. The Morgan fingerprint density at radius 2 is 1.86 bits per heavy atom. The highest BCUT2D eigenvalue weighted by molar-refractivity contribution is 7.99. The van der Waals surface area contributed by atoms with Crippen molar-refractivity contribution in [1.29, 1.82) is 0 Å². The van der Waals surface area contributed by atoms with Gasteiger partial charge in [-0.2, -0.15) is 0 Å². The summed E-state index contributed by atoms with van der Waals surface area (Å²) in [6.07, 6.45) is 6.40. The Morgan fingerprint density at radius 3 is 2.50 bits per heavy atom. The van der Waals surface area contributed by atoms with Crippen LogP contribution < -0.4 is 5.73 Å². The number of anilines is 1. The first kappa shape index (κ1) is 21.9. The van der Waals surface area contributed by atoms with Crippen LogP contribution in [0.5, 0.6) is 5.75 Å². The third kappa shape index (κ3) is 6.34. The van der Waals surface area contributed by atoms with Crippen LogP contribution >= 0.6 is 11.8 Å². The molecule has 5 heteroatoms. The molecule has 0 saturated heterocycles. The summed E-state index contributed by atoms with van der Waals surface area (Å²) in [5.41, 5.74) is 8.51. The number of aryl methyl sites for hydroxylation is 1. The van der Waals surface area contributed by atoms with Gasteiger partial charge in [-0.1, -0.05) is 43.7 Å². The third-order valence-electron chi connectivity index (χ3n) is 4.34. The Balaban J connectivity index is 2.17. The number of unbranched alkanes of at least 4 members (excludes halogenated alkanes) is 2. The molecule has 4 nitrogen and oxygen atoms in total. The maximum atomic E-state index is 11.8. The van der Waals surface area contributed by atoms with Gasteiger partial charge in [0.05, 0.1) is 12.3 Å². The van der Waals surface area contributed by atoms with Crippen molar-refractivity contribution in [3.8, 4) is 5.75 Å². The smallest absolute Gasteiger partial charge is 0.333 e. The normalized spacial score (nSPS) is 11.5. The summed E-state index contributed by atoms with van der Waals surface area (Å²) in [7, 11) is 0. The molecule has 0 fully saturated rings. The molecular weight excluding hydrogens is 370 g/mol. The molecule has 0 aliphatic heterocycles. The van der Waals surface area contributed by atoms with E-state index in [9.17, 15) is 9.90 Å². The molecule has 0 spiro atoms. The maximum Gasteiger partial charge on any atom is 0.333 e. The van der Waals surface area contributed by atoms with Crippen LogP contribution in [-0.2, 0) is 16.0 Å². The zero-order valence-corrected chi connectivity index (χ0v) is 17.6. The van der Waals surface area contributed by atoms with Gasteiger partial charge in [0, 0.05) is 20.9 Å². The minimum absolute atomic E-state index is 0.0285. The number of hydrogen-bond acceptors (Lipinski definition) is 5. The minimum Gasteiger partial charge on any atom is -0.505 e. The van der Waals surface area contributed by atoms with Gasteiger partial charge in [0.2, 0.25) is 0 Å². The number of phenolic OH excluding ortho intramolecular Hbond substituents is 1. The van der Waals surface area contributed by atoms with E-state index < -0.39 is 5.97 Å². The second-order valence-corrected chi connectivity index (χ2v) is 7.85. The molecule has 2 rings (SSSR count). The van der Waals surface area contributed by atoms with Gasteiger partial charge in [-0.3, -0.25) is 0 Å². The molecule has 0 bridgehead atoms. The van der Waals surface area contributed by atoms with Gasteiger partial charge in [0.1, 0.15) is 5.75 Å². The van der Waals surface area contributed by atoms with Gasteiger partial charge in [-0.05, 0) is 62.6 Å². The van der Waals surface area contributed by atoms with Gasteiger partial charge in [-0.15, -0.1) is 0 Å². The molecule has 0 saturated carbocycles. The lowest BCUT2D eigenvalue weighted by Crippen LogP contribution is -2.04. The molecule has 0 atom stereocenters. The highest BCUT2D eigenvalue weighted by Crippen LogP contribution is 2.36. The topological polar surface area (TPSA) is 72.5 Å². The zero-order chi connectivity index (χ0) is 20.5. The van der Waals surface area contributed by atoms with Crippen molar-refractivity contribution >= 4 is 29.5 Å². The summed E-state index contributed by atoms with van der Waals surface area (Å²) in [4.78, 5) is 13.8. The van der Waals surface area contributed by atoms with Gasteiger partial charge >= 0.3 is 5.97 Å². The van der Waals surface area contributed by atoms with Gasteiger partial charge in [-0.25, -0.2) is 4.79 Å². The number of aromatic hydroxyl groups is 1. The predicted molar refractivity (Wildman–Crippen MR) is 117 cm³/mol. The first-order chi connectivity index (χ1) is 13.4. The lowest BCUT2D eigenvalue weighted by Gasteiger charge is -2.10. The summed E-state index contributed by atoms with van der Waals surface area (Å²) in [6.45, 7) is 5.93. The molecule has 2 aromatic rings. The van der Waals surface area contributed by atoms with Crippen LogP contribution in [-0.4, -0.2) is 17.7 Å². The van der Waals surface area contributed by atoms with Gasteiger partial charge < -0.3 is 15.6 Å². The Kier molecular flexibility index (Phi) is 8.45. The number of hydrogen-bond donors (Lipinski definition) is 2. The second-order valence-electron chi connectivity index (χ2n) is 6.70. The van der Waals surface area contributed by atoms with Crippen molar-refractivity contribution in [1.82, 2.24) is 0 Å². The molecule has 2 aromatic carbocycles. The van der Waals surface area contributed by atoms with Crippen LogP contribution in [0, 0.1) is 0 Å². The second kappa shape index (κ2) is 10.8. The molecule has 3 N–H and O–H groups in total.